The fourth-order valence-electron chi connectivity index (χ4n) is 4.01. The Morgan fingerprint density at radius 1 is 1.23 bits per heavy atom. The van der Waals surface area contributed by atoms with Gasteiger partial charge in [0, 0.05) is 29.1 Å². The highest BCUT2D eigenvalue weighted by molar-refractivity contribution is 5.86. The van der Waals surface area contributed by atoms with Gasteiger partial charge in [0.2, 0.25) is 0 Å². The largest absolute Gasteiger partial charge is 0.360 e. The number of aromatic amines is 1. The summed E-state index contributed by atoms with van der Waals surface area (Å²) in [6, 6.07) is 8.98. The topological polar surface area (TPSA) is 42.8 Å². The molecule has 0 unspecified atom stereocenters. The van der Waals surface area contributed by atoms with Crippen LogP contribution in [0.4, 0.5) is 0 Å². The van der Waals surface area contributed by atoms with Gasteiger partial charge < -0.3 is 9.88 Å². The number of aromatic nitrogens is 1. The van der Waals surface area contributed by atoms with E-state index in [1.807, 2.05) is 6.20 Å². The van der Waals surface area contributed by atoms with Gasteiger partial charge in [-0.1, -0.05) is 32.8 Å². The number of fused-ring (bicyclic) bond motifs is 1. The molecular weight excluding hydrogens is 270 g/mol. The fourth-order valence-corrected chi connectivity index (χ4v) is 4.01. The molecule has 1 heterocycles. The molecule has 1 aliphatic carbocycles. The summed E-state index contributed by atoms with van der Waals surface area (Å²) in [5.41, 5.74) is 3.51. The number of rotatable bonds is 5. The van der Waals surface area contributed by atoms with E-state index in [9.17, 15) is 5.26 Å². The molecule has 22 heavy (non-hydrogen) atoms. The van der Waals surface area contributed by atoms with Gasteiger partial charge in [0.15, 0.2) is 0 Å². The minimum Gasteiger partial charge on any atom is -0.360 e. The van der Waals surface area contributed by atoms with E-state index < -0.39 is 0 Å². The molecule has 0 spiro atoms. The summed E-state index contributed by atoms with van der Waals surface area (Å²) >= 11 is 0. The second kappa shape index (κ2) is 6.14. The summed E-state index contributed by atoms with van der Waals surface area (Å²) < 4.78 is 0. The van der Waals surface area contributed by atoms with Gasteiger partial charge in [0.25, 0.3) is 0 Å². The standard InChI is InChI=1S/C19H25N3/c1-3-22(4-2)14-19(9-5-6-10-19)16-7-8-18-17(11-16)15(12-20)13-21-18/h7-8,11,13,21H,3-6,9-10,14H2,1-2H3. The van der Waals surface area contributed by atoms with E-state index in [-0.39, 0.29) is 5.41 Å². The predicted molar refractivity (Wildman–Crippen MR) is 90.9 cm³/mol. The maximum atomic E-state index is 9.29. The Hall–Kier alpha value is -1.79. The lowest BCUT2D eigenvalue weighted by atomic mass is 9.78. The van der Waals surface area contributed by atoms with E-state index in [1.165, 1.54) is 31.2 Å². The van der Waals surface area contributed by atoms with Crippen LogP contribution in [0.25, 0.3) is 10.9 Å². The molecule has 3 rings (SSSR count). The minimum atomic E-state index is 0.268. The van der Waals surface area contributed by atoms with Crippen LogP contribution in [0.5, 0.6) is 0 Å². The highest BCUT2D eigenvalue weighted by Gasteiger charge is 2.36. The normalized spacial score (nSPS) is 17.2. The minimum absolute atomic E-state index is 0.268. The Kier molecular flexibility index (Phi) is 4.22. The number of benzene rings is 1. The van der Waals surface area contributed by atoms with Gasteiger partial charge in [0.05, 0.1) is 5.56 Å². The maximum absolute atomic E-state index is 9.29. The van der Waals surface area contributed by atoms with Crippen molar-refractivity contribution in [3.63, 3.8) is 0 Å². The van der Waals surface area contributed by atoms with Crippen LogP contribution < -0.4 is 0 Å². The highest BCUT2D eigenvalue weighted by Crippen LogP contribution is 2.42. The summed E-state index contributed by atoms with van der Waals surface area (Å²) in [4.78, 5) is 5.74. The SMILES string of the molecule is CCN(CC)CC1(c2ccc3[nH]cc(C#N)c3c2)CCCC1. The van der Waals surface area contributed by atoms with E-state index in [1.54, 1.807) is 0 Å². The van der Waals surface area contributed by atoms with Crippen molar-refractivity contribution >= 4 is 10.9 Å². The third-order valence-electron chi connectivity index (χ3n) is 5.40. The molecule has 1 aromatic carbocycles. The third-order valence-corrected chi connectivity index (χ3v) is 5.40. The summed E-state index contributed by atoms with van der Waals surface area (Å²) in [6.07, 6.45) is 6.98. The molecule has 0 saturated heterocycles. The number of nitriles is 1. The molecule has 0 amide bonds. The molecule has 3 heteroatoms. The van der Waals surface area contributed by atoms with Crippen molar-refractivity contribution in [2.75, 3.05) is 19.6 Å². The average molecular weight is 295 g/mol. The lowest BCUT2D eigenvalue weighted by molar-refractivity contribution is 0.224. The van der Waals surface area contributed by atoms with Crippen LogP contribution in [-0.2, 0) is 5.41 Å². The zero-order valence-corrected chi connectivity index (χ0v) is 13.7. The van der Waals surface area contributed by atoms with E-state index in [4.69, 9.17) is 0 Å². The van der Waals surface area contributed by atoms with Crippen LogP contribution in [0.2, 0.25) is 0 Å². The number of likely N-dealkylation sites (N-methyl/N-ethyl adjacent to an activating group) is 1. The van der Waals surface area contributed by atoms with E-state index >= 15 is 0 Å². The quantitative estimate of drug-likeness (QED) is 0.898. The first-order chi connectivity index (χ1) is 10.7. The van der Waals surface area contributed by atoms with Crippen LogP contribution in [0.15, 0.2) is 24.4 Å². The van der Waals surface area contributed by atoms with Gasteiger partial charge in [-0.15, -0.1) is 0 Å². The van der Waals surface area contributed by atoms with Crippen LogP contribution in [0, 0.1) is 11.3 Å². The molecule has 1 aromatic heterocycles. The molecule has 0 aliphatic heterocycles. The van der Waals surface area contributed by atoms with Crippen molar-refractivity contribution < 1.29 is 0 Å². The summed E-state index contributed by atoms with van der Waals surface area (Å²) in [6.45, 7) is 7.84. The number of hydrogen-bond donors (Lipinski definition) is 1. The van der Waals surface area contributed by atoms with Gasteiger partial charge in [-0.05, 0) is 43.6 Å². The van der Waals surface area contributed by atoms with Crippen LogP contribution >= 0.6 is 0 Å². The van der Waals surface area contributed by atoms with Gasteiger partial charge in [-0.3, -0.25) is 0 Å². The van der Waals surface area contributed by atoms with Crippen molar-refractivity contribution in [2.45, 2.75) is 44.9 Å². The molecule has 116 valence electrons. The fraction of sp³-hybridized carbons (Fsp3) is 0.526. The lowest BCUT2D eigenvalue weighted by Gasteiger charge is -2.35. The number of nitrogens with one attached hydrogen (secondary N) is 1. The molecule has 0 atom stereocenters. The monoisotopic (exact) mass is 295 g/mol. The number of hydrogen-bond acceptors (Lipinski definition) is 2. The summed E-state index contributed by atoms with van der Waals surface area (Å²) in [5.74, 6) is 0. The predicted octanol–water partition coefficient (Wildman–Crippen LogP) is 4.19. The van der Waals surface area contributed by atoms with Gasteiger partial charge in [-0.25, -0.2) is 0 Å². The first kappa shape index (κ1) is 15.1. The van der Waals surface area contributed by atoms with E-state index in [0.29, 0.717) is 0 Å². The highest BCUT2D eigenvalue weighted by atomic mass is 15.1. The molecular formula is C19H25N3. The molecule has 1 fully saturated rings. The second-order valence-corrected chi connectivity index (χ2v) is 6.52. The van der Waals surface area contributed by atoms with Crippen LogP contribution in [-0.4, -0.2) is 29.5 Å². The Morgan fingerprint density at radius 3 is 2.59 bits per heavy atom. The summed E-state index contributed by atoms with van der Waals surface area (Å²) in [5, 5.41) is 10.4. The number of H-pyrrole nitrogens is 1. The smallest absolute Gasteiger partial charge is 0.101 e. The van der Waals surface area contributed by atoms with Gasteiger partial charge in [0.1, 0.15) is 6.07 Å². The molecule has 1 saturated carbocycles. The molecule has 1 N–H and O–H groups in total. The molecule has 0 radical (unpaired) electrons. The van der Waals surface area contributed by atoms with Gasteiger partial charge >= 0.3 is 0 Å². The van der Waals surface area contributed by atoms with Gasteiger partial charge in [-0.2, -0.15) is 5.26 Å². The zero-order chi connectivity index (χ0) is 15.6. The lowest BCUT2D eigenvalue weighted by Crippen LogP contribution is -2.39. The molecule has 3 nitrogen and oxygen atoms in total. The summed E-state index contributed by atoms with van der Waals surface area (Å²) in [7, 11) is 0. The van der Waals surface area contributed by atoms with Crippen molar-refractivity contribution in [1.29, 1.82) is 5.26 Å². The maximum Gasteiger partial charge on any atom is 0.101 e. The van der Waals surface area contributed by atoms with E-state index in [0.717, 1.165) is 36.1 Å². The Morgan fingerprint density at radius 2 is 1.95 bits per heavy atom. The van der Waals surface area contributed by atoms with Crippen molar-refractivity contribution in [3.05, 3.63) is 35.5 Å². The first-order valence-corrected chi connectivity index (χ1v) is 8.46. The molecule has 0 bridgehead atoms. The zero-order valence-electron chi connectivity index (χ0n) is 13.7. The van der Waals surface area contributed by atoms with Crippen LogP contribution in [0.1, 0.15) is 50.7 Å². The Balaban J connectivity index is 2.03. The number of nitrogens with zero attached hydrogens (tertiary/aromatic N) is 2. The van der Waals surface area contributed by atoms with Crippen molar-refractivity contribution in [1.82, 2.24) is 9.88 Å². The van der Waals surface area contributed by atoms with E-state index in [2.05, 4.69) is 48.0 Å². The Bertz CT molecular complexity index is 682. The second-order valence-electron chi connectivity index (χ2n) is 6.52. The Labute approximate surface area is 132 Å². The van der Waals surface area contributed by atoms with Crippen LogP contribution in [0.3, 0.4) is 0 Å². The molecule has 1 aliphatic rings. The van der Waals surface area contributed by atoms with Crippen molar-refractivity contribution in [2.24, 2.45) is 0 Å². The first-order valence-electron chi connectivity index (χ1n) is 8.46. The molecule has 2 aromatic rings. The van der Waals surface area contributed by atoms with Crippen molar-refractivity contribution in [3.8, 4) is 6.07 Å². The third kappa shape index (κ3) is 2.53. The average Bonchev–Trinajstić information content (AvgIpc) is 3.19.